The van der Waals surface area contributed by atoms with Crippen LogP contribution >= 0.6 is 22.9 Å². The minimum absolute atomic E-state index is 0.602. The fraction of sp³-hybridized carbons (Fsp3) is 0.125. The van der Waals surface area contributed by atoms with Gasteiger partial charge in [0.05, 0.1) is 12.3 Å². The van der Waals surface area contributed by atoms with Crippen LogP contribution in [0.5, 0.6) is 5.88 Å². The van der Waals surface area contributed by atoms with Crippen molar-refractivity contribution in [2.75, 3.05) is 6.61 Å². The van der Waals surface area contributed by atoms with Crippen molar-refractivity contribution in [3.8, 4) is 27.7 Å². The molecule has 3 rings (SSSR count). The standard InChI is InChI=1S/C16H13ClN2OS/c1-2-20-15-9-12(7-8-18-15)16-19-14(10-21-16)11-3-5-13(17)6-4-11/h3-10H,2H2,1H3. The van der Waals surface area contributed by atoms with Crippen molar-refractivity contribution in [1.29, 1.82) is 0 Å². The fourth-order valence-corrected chi connectivity index (χ4v) is 2.88. The first-order valence-electron chi connectivity index (χ1n) is 6.57. The first kappa shape index (κ1) is 14.0. The van der Waals surface area contributed by atoms with Crippen molar-refractivity contribution in [2.24, 2.45) is 0 Å². The predicted molar refractivity (Wildman–Crippen MR) is 87.0 cm³/mol. The number of aromatic nitrogens is 2. The van der Waals surface area contributed by atoms with Crippen LogP contribution in [0.15, 0.2) is 48.0 Å². The topological polar surface area (TPSA) is 35.0 Å². The third-order valence-electron chi connectivity index (χ3n) is 2.92. The third-order valence-corrected chi connectivity index (χ3v) is 4.06. The molecule has 3 nitrogen and oxygen atoms in total. The van der Waals surface area contributed by atoms with Crippen LogP contribution in [-0.4, -0.2) is 16.6 Å². The minimum Gasteiger partial charge on any atom is -0.478 e. The van der Waals surface area contributed by atoms with Gasteiger partial charge >= 0.3 is 0 Å². The van der Waals surface area contributed by atoms with Crippen molar-refractivity contribution in [3.63, 3.8) is 0 Å². The van der Waals surface area contributed by atoms with Gasteiger partial charge in [-0.15, -0.1) is 11.3 Å². The molecule has 0 atom stereocenters. The van der Waals surface area contributed by atoms with Gasteiger partial charge in [-0.2, -0.15) is 0 Å². The predicted octanol–water partition coefficient (Wildman–Crippen LogP) is 4.92. The molecule has 0 N–H and O–H groups in total. The Morgan fingerprint density at radius 3 is 2.71 bits per heavy atom. The van der Waals surface area contributed by atoms with Crippen LogP contribution in [0.25, 0.3) is 21.8 Å². The van der Waals surface area contributed by atoms with Gasteiger partial charge in [-0.05, 0) is 25.1 Å². The average molecular weight is 317 g/mol. The van der Waals surface area contributed by atoms with Gasteiger partial charge in [-0.25, -0.2) is 9.97 Å². The lowest BCUT2D eigenvalue weighted by Gasteiger charge is -2.02. The molecular weight excluding hydrogens is 304 g/mol. The normalized spacial score (nSPS) is 10.6. The van der Waals surface area contributed by atoms with E-state index in [-0.39, 0.29) is 0 Å². The number of benzene rings is 1. The molecule has 2 aromatic heterocycles. The first-order valence-corrected chi connectivity index (χ1v) is 7.82. The van der Waals surface area contributed by atoms with E-state index in [1.807, 2.05) is 48.7 Å². The number of nitrogens with zero attached hydrogens (tertiary/aromatic N) is 2. The Kier molecular flexibility index (Phi) is 4.18. The Bertz CT molecular complexity index is 740. The SMILES string of the molecule is CCOc1cc(-c2nc(-c3ccc(Cl)cc3)cs2)ccn1. The quantitative estimate of drug-likeness (QED) is 0.685. The van der Waals surface area contributed by atoms with Gasteiger partial charge in [-0.1, -0.05) is 23.7 Å². The molecule has 1 aromatic carbocycles. The van der Waals surface area contributed by atoms with E-state index in [0.717, 1.165) is 26.9 Å². The summed E-state index contributed by atoms with van der Waals surface area (Å²) in [6.07, 6.45) is 1.74. The lowest BCUT2D eigenvalue weighted by molar-refractivity contribution is 0.327. The molecule has 0 bridgehead atoms. The summed E-state index contributed by atoms with van der Waals surface area (Å²) in [7, 11) is 0. The van der Waals surface area contributed by atoms with Crippen molar-refractivity contribution >= 4 is 22.9 Å². The summed E-state index contributed by atoms with van der Waals surface area (Å²) in [5.41, 5.74) is 3.01. The van der Waals surface area contributed by atoms with Crippen molar-refractivity contribution in [3.05, 3.63) is 53.0 Å². The zero-order chi connectivity index (χ0) is 14.7. The average Bonchev–Trinajstić information content (AvgIpc) is 2.98. The van der Waals surface area contributed by atoms with Crippen LogP contribution in [-0.2, 0) is 0 Å². The van der Waals surface area contributed by atoms with E-state index in [4.69, 9.17) is 16.3 Å². The summed E-state index contributed by atoms with van der Waals surface area (Å²) in [6.45, 7) is 2.54. The molecule has 0 unspecified atom stereocenters. The fourth-order valence-electron chi connectivity index (χ4n) is 1.93. The van der Waals surface area contributed by atoms with E-state index in [0.29, 0.717) is 12.5 Å². The van der Waals surface area contributed by atoms with E-state index in [1.54, 1.807) is 17.5 Å². The van der Waals surface area contributed by atoms with Crippen molar-refractivity contribution in [2.45, 2.75) is 6.92 Å². The number of ether oxygens (including phenoxy) is 1. The maximum Gasteiger partial charge on any atom is 0.213 e. The molecule has 3 aromatic rings. The summed E-state index contributed by atoms with van der Waals surface area (Å²) < 4.78 is 5.42. The molecule has 0 radical (unpaired) electrons. The highest BCUT2D eigenvalue weighted by molar-refractivity contribution is 7.13. The molecule has 0 saturated heterocycles. The van der Waals surface area contributed by atoms with Crippen molar-refractivity contribution < 1.29 is 4.74 Å². The Morgan fingerprint density at radius 2 is 1.95 bits per heavy atom. The van der Waals surface area contributed by atoms with Crippen LogP contribution in [0.3, 0.4) is 0 Å². The lowest BCUT2D eigenvalue weighted by Crippen LogP contribution is -1.93. The highest BCUT2D eigenvalue weighted by Crippen LogP contribution is 2.30. The summed E-state index contributed by atoms with van der Waals surface area (Å²) in [5, 5.41) is 3.72. The monoisotopic (exact) mass is 316 g/mol. The first-order chi connectivity index (χ1) is 10.3. The Labute approximate surface area is 132 Å². The lowest BCUT2D eigenvalue weighted by atomic mass is 10.2. The maximum absolute atomic E-state index is 5.91. The van der Waals surface area contributed by atoms with Gasteiger partial charge in [0.25, 0.3) is 0 Å². The number of pyridine rings is 1. The molecule has 21 heavy (non-hydrogen) atoms. The molecular formula is C16H13ClN2OS. The molecule has 0 aliphatic heterocycles. The molecule has 0 spiro atoms. The molecule has 0 aliphatic rings. The van der Waals surface area contributed by atoms with Crippen LogP contribution < -0.4 is 4.74 Å². The number of thiazole rings is 1. The Hall–Kier alpha value is -1.91. The highest BCUT2D eigenvalue weighted by Gasteiger charge is 2.08. The van der Waals surface area contributed by atoms with E-state index < -0.39 is 0 Å². The van der Waals surface area contributed by atoms with Crippen LogP contribution in [0, 0.1) is 0 Å². The molecule has 0 aliphatic carbocycles. The second kappa shape index (κ2) is 6.24. The maximum atomic E-state index is 5.91. The van der Waals surface area contributed by atoms with Crippen molar-refractivity contribution in [1.82, 2.24) is 9.97 Å². The minimum atomic E-state index is 0.602. The van der Waals surface area contributed by atoms with E-state index in [9.17, 15) is 0 Å². The molecule has 2 heterocycles. The zero-order valence-corrected chi connectivity index (χ0v) is 13.0. The number of rotatable bonds is 4. The largest absolute Gasteiger partial charge is 0.478 e. The highest BCUT2D eigenvalue weighted by atomic mass is 35.5. The summed E-state index contributed by atoms with van der Waals surface area (Å²) in [6, 6.07) is 11.5. The van der Waals surface area contributed by atoms with E-state index >= 15 is 0 Å². The number of hydrogen-bond donors (Lipinski definition) is 0. The van der Waals surface area contributed by atoms with Crippen LogP contribution in [0.2, 0.25) is 5.02 Å². The van der Waals surface area contributed by atoms with Gasteiger partial charge in [-0.3, -0.25) is 0 Å². The third kappa shape index (κ3) is 3.23. The Balaban J connectivity index is 1.91. The van der Waals surface area contributed by atoms with Gasteiger partial charge in [0.15, 0.2) is 0 Å². The van der Waals surface area contributed by atoms with Crippen LogP contribution in [0.1, 0.15) is 6.92 Å². The number of halogens is 1. The van der Waals surface area contributed by atoms with Gasteiger partial charge < -0.3 is 4.74 Å². The second-order valence-corrected chi connectivity index (χ2v) is 5.66. The molecule has 5 heteroatoms. The summed E-state index contributed by atoms with van der Waals surface area (Å²) in [5.74, 6) is 0.623. The van der Waals surface area contributed by atoms with Gasteiger partial charge in [0, 0.05) is 33.8 Å². The van der Waals surface area contributed by atoms with Gasteiger partial charge in [0.2, 0.25) is 5.88 Å². The van der Waals surface area contributed by atoms with E-state index in [1.165, 1.54) is 0 Å². The summed E-state index contributed by atoms with van der Waals surface area (Å²) >= 11 is 7.51. The summed E-state index contributed by atoms with van der Waals surface area (Å²) in [4.78, 5) is 8.84. The smallest absolute Gasteiger partial charge is 0.213 e. The van der Waals surface area contributed by atoms with Crippen LogP contribution in [0.4, 0.5) is 0 Å². The second-order valence-electron chi connectivity index (χ2n) is 4.36. The number of hydrogen-bond acceptors (Lipinski definition) is 4. The molecule has 0 fully saturated rings. The molecule has 0 amide bonds. The molecule has 0 saturated carbocycles. The molecule has 106 valence electrons. The van der Waals surface area contributed by atoms with Gasteiger partial charge in [0.1, 0.15) is 5.01 Å². The zero-order valence-electron chi connectivity index (χ0n) is 11.4. The Morgan fingerprint density at radius 1 is 1.14 bits per heavy atom. The van der Waals surface area contributed by atoms with E-state index in [2.05, 4.69) is 9.97 Å².